The summed E-state index contributed by atoms with van der Waals surface area (Å²) in [5.41, 5.74) is 0.651. The van der Waals surface area contributed by atoms with E-state index in [1.54, 1.807) is 29.7 Å². The lowest BCUT2D eigenvalue weighted by molar-refractivity contribution is 0.101. The molecule has 0 aliphatic heterocycles. The van der Waals surface area contributed by atoms with Gasteiger partial charge >= 0.3 is 0 Å². The lowest BCUT2D eigenvalue weighted by Gasteiger charge is -2.04. The van der Waals surface area contributed by atoms with Crippen LogP contribution in [-0.4, -0.2) is 26.6 Å². The number of aryl methyl sites for hydroxylation is 1. The van der Waals surface area contributed by atoms with Gasteiger partial charge in [0.1, 0.15) is 5.69 Å². The molecule has 0 aliphatic rings. The largest absolute Gasteiger partial charge is 0.291 e. The Balaban J connectivity index is 2.70. The zero-order chi connectivity index (χ0) is 10.7. The maximum absolute atomic E-state index is 11.7. The molecule has 1 heterocycles. The van der Waals surface area contributed by atoms with Gasteiger partial charge in [0.15, 0.2) is 5.78 Å². The van der Waals surface area contributed by atoms with E-state index in [0.29, 0.717) is 16.7 Å². The number of nitrogens with zero attached hydrogens (tertiary/aromatic N) is 2. The molecule has 0 fully saturated rings. The first kappa shape index (κ1) is 11.8. The zero-order valence-electron chi connectivity index (χ0n) is 8.45. The van der Waals surface area contributed by atoms with Crippen LogP contribution in [0.5, 0.6) is 0 Å². The van der Waals surface area contributed by atoms with Gasteiger partial charge < -0.3 is 0 Å². The lowest BCUT2D eigenvalue weighted by atomic mass is 10.3. The average molecular weight is 277 g/mol. The maximum Gasteiger partial charge on any atom is 0.191 e. The molecule has 0 aliphatic carbocycles. The quantitative estimate of drug-likeness (QED) is 0.793. The van der Waals surface area contributed by atoms with Gasteiger partial charge in [-0.05, 0) is 21.2 Å². The molecule has 1 aromatic rings. The Kier molecular flexibility index (Phi) is 4.19. The Morgan fingerprint density at radius 2 is 2.36 bits per heavy atom. The summed E-state index contributed by atoms with van der Waals surface area (Å²) >= 11 is 4.95. The third kappa shape index (κ3) is 2.85. The van der Waals surface area contributed by atoms with Crippen LogP contribution in [0.25, 0.3) is 0 Å². The number of carbonyl (C=O) groups is 1. The monoisotopic (exact) mass is 276 g/mol. The van der Waals surface area contributed by atoms with Crippen LogP contribution in [0, 0.1) is 0 Å². The number of Topliss-reactive ketones (excluding diaryl/α,β-unsaturated/α-hetero) is 1. The first-order valence-corrected chi connectivity index (χ1v) is 6.19. The van der Waals surface area contributed by atoms with Crippen LogP contribution in [0.3, 0.4) is 0 Å². The highest BCUT2D eigenvalue weighted by molar-refractivity contribution is 9.10. The summed E-state index contributed by atoms with van der Waals surface area (Å²) in [5, 5.41) is 4.48. The molecule has 0 spiro atoms. The Bertz CT molecular complexity index is 316. The smallest absolute Gasteiger partial charge is 0.191 e. The van der Waals surface area contributed by atoms with Crippen LogP contribution < -0.4 is 0 Å². The van der Waals surface area contributed by atoms with E-state index in [0.717, 1.165) is 4.47 Å². The van der Waals surface area contributed by atoms with Crippen LogP contribution in [-0.2, 0) is 7.05 Å². The number of thioether (sulfide) groups is 1. The fraction of sp³-hybridized carbons (Fsp3) is 0.556. The van der Waals surface area contributed by atoms with Crippen LogP contribution in [0.15, 0.2) is 10.7 Å². The van der Waals surface area contributed by atoms with Crippen molar-refractivity contribution in [3.63, 3.8) is 0 Å². The third-order valence-electron chi connectivity index (χ3n) is 1.71. The van der Waals surface area contributed by atoms with E-state index in [-0.39, 0.29) is 5.78 Å². The minimum absolute atomic E-state index is 0.121. The van der Waals surface area contributed by atoms with E-state index in [1.165, 1.54) is 0 Å². The van der Waals surface area contributed by atoms with Crippen molar-refractivity contribution < 1.29 is 4.79 Å². The summed E-state index contributed by atoms with van der Waals surface area (Å²) in [4.78, 5) is 11.7. The highest BCUT2D eigenvalue weighted by Crippen LogP contribution is 2.18. The number of ketones is 1. The fourth-order valence-corrected chi connectivity index (χ4v) is 2.23. The van der Waals surface area contributed by atoms with Gasteiger partial charge in [-0.3, -0.25) is 9.48 Å². The maximum atomic E-state index is 11.7. The van der Waals surface area contributed by atoms with Crippen LogP contribution >= 0.6 is 27.7 Å². The van der Waals surface area contributed by atoms with Gasteiger partial charge in [0, 0.05) is 7.05 Å². The molecular formula is C9H13BrN2OS. The van der Waals surface area contributed by atoms with E-state index in [2.05, 4.69) is 34.9 Å². The van der Waals surface area contributed by atoms with Crippen molar-refractivity contribution in [2.45, 2.75) is 19.1 Å². The van der Waals surface area contributed by atoms with Crippen LogP contribution in [0.1, 0.15) is 24.3 Å². The number of aromatic nitrogens is 2. The molecule has 0 saturated heterocycles. The number of rotatable bonds is 4. The molecular weight excluding hydrogens is 264 g/mol. The number of hydrogen-bond donors (Lipinski definition) is 0. The van der Waals surface area contributed by atoms with Crippen molar-refractivity contribution in [1.82, 2.24) is 9.78 Å². The summed E-state index contributed by atoms with van der Waals surface area (Å²) in [6.45, 7) is 4.16. The van der Waals surface area contributed by atoms with Gasteiger partial charge in [-0.2, -0.15) is 16.9 Å². The molecule has 0 unspecified atom stereocenters. The first-order valence-electron chi connectivity index (χ1n) is 4.34. The van der Waals surface area contributed by atoms with E-state index in [1.807, 2.05) is 0 Å². The minimum Gasteiger partial charge on any atom is -0.291 e. The average Bonchev–Trinajstić information content (AvgIpc) is 2.42. The molecule has 0 saturated carbocycles. The van der Waals surface area contributed by atoms with Gasteiger partial charge in [0.2, 0.25) is 0 Å². The third-order valence-corrected chi connectivity index (χ3v) is 3.38. The molecule has 0 N–H and O–H groups in total. The van der Waals surface area contributed by atoms with Crippen molar-refractivity contribution in [1.29, 1.82) is 0 Å². The summed E-state index contributed by atoms with van der Waals surface area (Å²) in [7, 11) is 1.78. The second-order valence-corrected chi connectivity index (χ2v) is 5.67. The highest BCUT2D eigenvalue weighted by Gasteiger charge is 2.15. The van der Waals surface area contributed by atoms with E-state index in [4.69, 9.17) is 0 Å². The predicted octanol–water partition coefficient (Wildman–Crippen LogP) is 2.51. The topological polar surface area (TPSA) is 34.9 Å². The number of hydrogen-bond acceptors (Lipinski definition) is 3. The molecule has 14 heavy (non-hydrogen) atoms. The van der Waals surface area contributed by atoms with Gasteiger partial charge in [0.05, 0.1) is 16.4 Å². The molecule has 3 nitrogen and oxygen atoms in total. The van der Waals surface area contributed by atoms with E-state index < -0.39 is 0 Å². The molecule has 1 rings (SSSR count). The summed E-state index contributed by atoms with van der Waals surface area (Å²) < 4.78 is 2.38. The first-order chi connectivity index (χ1) is 6.52. The molecule has 0 radical (unpaired) electrons. The lowest BCUT2D eigenvalue weighted by Crippen LogP contribution is -2.11. The second kappa shape index (κ2) is 4.98. The molecule has 1 aromatic heterocycles. The highest BCUT2D eigenvalue weighted by atomic mass is 79.9. The second-order valence-electron chi connectivity index (χ2n) is 3.25. The molecule has 78 valence electrons. The van der Waals surface area contributed by atoms with Crippen molar-refractivity contribution in [2.24, 2.45) is 7.05 Å². The Morgan fingerprint density at radius 1 is 1.71 bits per heavy atom. The number of halogens is 1. The molecule has 0 bridgehead atoms. The normalized spacial score (nSPS) is 10.9. The Labute approximate surface area is 96.4 Å². The standard InChI is InChI=1S/C9H13BrN2OS/c1-6(2)14-5-8(13)9-7(10)4-11-12(9)3/h4,6H,5H2,1-3H3. The van der Waals surface area contributed by atoms with Crippen molar-refractivity contribution >= 4 is 33.5 Å². The zero-order valence-corrected chi connectivity index (χ0v) is 10.9. The van der Waals surface area contributed by atoms with Crippen molar-refractivity contribution in [2.75, 3.05) is 5.75 Å². The minimum atomic E-state index is 0.121. The summed E-state index contributed by atoms with van der Waals surface area (Å²) in [5.74, 6) is 0.631. The van der Waals surface area contributed by atoms with Crippen molar-refractivity contribution in [3.8, 4) is 0 Å². The molecule has 0 aromatic carbocycles. The molecule has 5 heteroatoms. The fourth-order valence-electron chi connectivity index (χ4n) is 1.04. The van der Waals surface area contributed by atoms with Crippen molar-refractivity contribution in [3.05, 3.63) is 16.4 Å². The van der Waals surface area contributed by atoms with Gasteiger partial charge in [-0.15, -0.1) is 0 Å². The van der Waals surface area contributed by atoms with Gasteiger partial charge in [0.25, 0.3) is 0 Å². The summed E-state index contributed by atoms with van der Waals surface area (Å²) in [6, 6.07) is 0. The SMILES string of the molecule is CC(C)SCC(=O)c1c(Br)cnn1C. The van der Waals surface area contributed by atoms with E-state index >= 15 is 0 Å². The van der Waals surface area contributed by atoms with Gasteiger partial charge in [-0.1, -0.05) is 13.8 Å². The predicted molar refractivity (Wildman–Crippen MR) is 62.8 cm³/mol. The van der Waals surface area contributed by atoms with Gasteiger partial charge in [-0.25, -0.2) is 0 Å². The number of carbonyl (C=O) groups excluding carboxylic acids is 1. The summed E-state index contributed by atoms with van der Waals surface area (Å²) in [6.07, 6.45) is 1.65. The van der Waals surface area contributed by atoms with Crippen LogP contribution in [0.4, 0.5) is 0 Å². The van der Waals surface area contributed by atoms with E-state index in [9.17, 15) is 4.79 Å². The Hall–Kier alpha value is -0.290. The molecule has 0 amide bonds. The van der Waals surface area contributed by atoms with Crippen LogP contribution in [0.2, 0.25) is 0 Å². The Morgan fingerprint density at radius 3 is 2.79 bits per heavy atom. The molecule has 0 atom stereocenters.